The van der Waals surface area contributed by atoms with Crippen LogP contribution in [0.2, 0.25) is 0 Å². The molecule has 1 aliphatic heterocycles. The van der Waals surface area contributed by atoms with E-state index in [2.05, 4.69) is 38.3 Å². The van der Waals surface area contributed by atoms with Crippen molar-refractivity contribution in [2.75, 3.05) is 6.54 Å². The van der Waals surface area contributed by atoms with Crippen molar-refractivity contribution >= 4 is 23.3 Å². The third kappa shape index (κ3) is 3.20. The maximum atomic E-state index is 5.63. The molecule has 1 aliphatic rings. The molecule has 17 heavy (non-hydrogen) atoms. The second kappa shape index (κ2) is 5.18. The highest BCUT2D eigenvalue weighted by molar-refractivity contribution is 7.08. The van der Waals surface area contributed by atoms with E-state index in [4.69, 9.17) is 5.73 Å². The lowest BCUT2D eigenvalue weighted by molar-refractivity contribution is 0.663. The first-order valence-electron chi connectivity index (χ1n) is 5.58. The number of thiophene rings is 1. The summed E-state index contributed by atoms with van der Waals surface area (Å²) in [5, 5.41) is 10.4. The number of nitrogens with one attached hydrogen (secondary N) is 2. The second-order valence-electron chi connectivity index (χ2n) is 4.02. The Morgan fingerprint density at radius 2 is 2.35 bits per heavy atom. The normalized spacial score (nSPS) is 21.9. The molecule has 0 saturated carbocycles. The molecular formula is C11H17N5S. The van der Waals surface area contributed by atoms with E-state index in [1.54, 1.807) is 11.3 Å². The molecule has 6 heteroatoms. The minimum absolute atomic E-state index is 0.0158. The number of hydrogen-bond acceptors (Lipinski definition) is 4. The van der Waals surface area contributed by atoms with Gasteiger partial charge < -0.3 is 11.1 Å². The highest BCUT2D eigenvalue weighted by Gasteiger charge is 2.11. The summed E-state index contributed by atoms with van der Waals surface area (Å²) in [6.45, 7) is 4.81. The molecule has 0 bridgehead atoms. The summed E-state index contributed by atoms with van der Waals surface area (Å²) in [4.78, 5) is 8.54. The molecule has 0 aromatic carbocycles. The highest BCUT2D eigenvalue weighted by Crippen LogP contribution is 2.13. The number of nitrogens with two attached hydrogens (primary N) is 1. The summed E-state index contributed by atoms with van der Waals surface area (Å²) in [6, 6.07) is 0. The van der Waals surface area contributed by atoms with Gasteiger partial charge in [0.1, 0.15) is 6.17 Å². The monoisotopic (exact) mass is 251 g/mol. The fourth-order valence-electron chi connectivity index (χ4n) is 1.64. The standard InChI is InChI=1S/C11H17N5S/c1-7-5-17-6-9(7)3-4-13-11-15-8(2)14-10(12)16-11/h5-6,8H,3-4H2,1-2H3,(H4,12,13,14,15,16). The van der Waals surface area contributed by atoms with Crippen LogP contribution in [-0.2, 0) is 6.42 Å². The molecule has 1 aromatic heterocycles. The van der Waals surface area contributed by atoms with Gasteiger partial charge in [0.25, 0.3) is 0 Å². The Balaban J connectivity index is 1.89. The van der Waals surface area contributed by atoms with E-state index in [1.807, 2.05) is 6.92 Å². The predicted octanol–water partition coefficient (Wildman–Crippen LogP) is 0.809. The van der Waals surface area contributed by atoms with Crippen LogP contribution in [0.4, 0.5) is 0 Å². The minimum Gasteiger partial charge on any atom is -0.370 e. The Kier molecular flexibility index (Phi) is 3.63. The Hall–Kier alpha value is -1.56. The molecule has 5 nitrogen and oxygen atoms in total. The number of nitrogens with zero attached hydrogens (tertiary/aromatic N) is 2. The maximum Gasteiger partial charge on any atom is 0.199 e. The molecule has 0 spiro atoms. The molecule has 1 atom stereocenters. The van der Waals surface area contributed by atoms with E-state index < -0.39 is 0 Å². The summed E-state index contributed by atoms with van der Waals surface area (Å²) in [5.74, 6) is 1.12. The van der Waals surface area contributed by atoms with Crippen molar-refractivity contribution in [3.8, 4) is 0 Å². The van der Waals surface area contributed by atoms with Crippen molar-refractivity contribution in [1.29, 1.82) is 0 Å². The van der Waals surface area contributed by atoms with Crippen LogP contribution < -0.4 is 16.4 Å². The first kappa shape index (κ1) is 11.9. The van der Waals surface area contributed by atoms with Crippen LogP contribution in [0.5, 0.6) is 0 Å². The summed E-state index contributed by atoms with van der Waals surface area (Å²) >= 11 is 1.73. The number of rotatable bonds is 3. The molecule has 0 fully saturated rings. The summed E-state index contributed by atoms with van der Waals surface area (Å²) in [6.07, 6.45) is 0.936. The molecule has 0 radical (unpaired) electrons. The molecule has 0 aliphatic carbocycles. The number of hydrogen-bond donors (Lipinski definition) is 3. The van der Waals surface area contributed by atoms with Gasteiger partial charge in [-0.1, -0.05) is 0 Å². The van der Waals surface area contributed by atoms with Crippen molar-refractivity contribution in [3.63, 3.8) is 0 Å². The molecule has 4 N–H and O–H groups in total. The summed E-state index contributed by atoms with van der Waals surface area (Å²) in [7, 11) is 0. The van der Waals surface area contributed by atoms with Gasteiger partial charge >= 0.3 is 0 Å². The van der Waals surface area contributed by atoms with Gasteiger partial charge in [-0.3, -0.25) is 10.3 Å². The van der Waals surface area contributed by atoms with E-state index in [0.717, 1.165) is 13.0 Å². The molecule has 0 amide bonds. The minimum atomic E-state index is -0.0158. The van der Waals surface area contributed by atoms with Gasteiger partial charge in [0.05, 0.1) is 0 Å². The van der Waals surface area contributed by atoms with Crippen molar-refractivity contribution < 1.29 is 0 Å². The zero-order valence-electron chi connectivity index (χ0n) is 10.0. The van der Waals surface area contributed by atoms with Gasteiger partial charge in [0.2, 0.25) is 0 Å². The van der Waals surface area contributed by atoms with Crippen molar-refractivity contribution in [2.45, 2.75) is 26.4 Å². The molecule has 1 aromatic rings. The lowest BCUT2D eigenvalue weighted by atomic mass is 10.1. The Morgan fingerprint density at radius 1 is 1.53 bits per heavy atom. The van der Waals surface area contributed by atoms with E-state index in [-0.39, 0.29) is 6.17 Å². The van der Waals surface area contributed by atoms with Crippen LogP contribution in [0.1, 0.15) is 18.1 Å². The van der Waals surface area contributed by atoms with Gasteiger partial charge in [-0.25, -0.2) is 4.99 Å². The highest BCUT2D eigenvalue weighted by atomic mass is 32.1. The topological polar surface area (TPSA) is 74.8 Å². The quantitative estimate of drug-likeness (QED) is 0.744. The van der Waals surface area contributed by atoms with Crippen LogP contribution in [0.25, 0.3) is 0 Å². The maximum absolute atomic E-state index is 5.63. The molecule has 0 saturated heterocycles. The van der Waals surface area contributed by atoms with Crippen molar-refractivity contribution in [2.24, 2.45) is 15.7 Å². The Labute approximate surface area is 105 Å². The third-order valence-corrected chi connectivity index (χ3v) is 3.45. The largest absolute Gasteiger partial charge is 0.370 e. The van der Waals surface area contributed by atoms with Gasteiger partial charge in [-0.2, -0.15) is 11.3 Å². The molecule has 92 valence electrons. The van der Waals surface area contributed by atoms with Gasteiger partial charge in [0.15, 0.2) is 11.9 Å². The predicted molar refractivity (Wildman–Crippen MR) is 72.4 cm³/mol. The first-order chi connectivity index (χ1) is 8.15. The average molecular weight is 251 g/mol. The van der Waals surface area contributed by atoms with Crippen molar-refractivity contribution in [1.82, 2.24) is 10.6 Å². The Bertz CT molecular complexity index is 448. The van der Waals surface area contributed by atoms with E-state index >= 15 is 0 Å². The number of aryl methyl sites for hydroxylation is 1. The van der Waals surface area contributed by atoms with Gasteiger partial charge in [-0.15, -0.1) is 0 Å². The zero-order valence-corrected chi connectivity index (χ0v) is 10.8. The Morgan fingerprint density at radius 3 is 3.00 bits per heavy atom. The van der Waals surface area contributed by atoms with Crippen LogP contribution in [-0.4, -0.2) is 24.6 Å². The summed E-state index contributed by atoms with van der Waals surface area (Å²) in [5.41, 5.74) is 8.33. The zero-order chi connectivity index (χ0) is 12.3. The van der Waals surface area contributed by atoms with Crippen LogP contribution in [0, 0.1) is 6.92 Å². The number of aliphatic imine (C=N–C) groups is 2. The van der Waals surface area contributed by atoms with Crippen molar-refractivity contribution in [3.05, 3.63) is 21.9 Å². The van der Waals surface area contributed by atoms with Gasteiger partial charge in [-0.05, 0) is 42.2 Å². The van der Waals surface area contributed by atoms with Crippen LogP contribution >= 0.6 is 11.3 Å². The average Bonchev–Trinajstić information content (AvgIpc) is 2.63. The fourth-order valence-corrected chi connectivity index (χ4v) is 2.54. The summed E-state index contributed by atoms with van der Waals surface area (Å²) < 4.78 is 0. The molecule has 2 rings (SSSR count). The lowest BCUT2D eigenvalue weighted by Crippen LogP contribution is -2.52. The fraction of sp³-hybridized carbons (Fsp3) is 0.455. The smallest absolute Gasteiger partial charge is 0.199 e. The molecular weight excluding hydrogens is 234 g/mol. The molecule has 1 unspecified atom stereocenters. The first-order valence-corrected chi connectivity index (χ1v) is 6.52. The van der Waals surface area contributed by atoms with Gasteiger partial charge in [0, 0.05) is 6.54 Å². The molecule has 2 heterocycles. The lowest BCUT2D eigenvalue weighted by Gasteiger charge is -2.20. The van der Waals surface area contributed by atoms with E-state index in [9.17, 15) is 0 Å². The van der Waals surface area contributed by atoms with Crippen LogP contribution in [0.3, 0.4) is 0 Å². The third-order valence-electron chi connectivity index (χ3n) is 2.54. The SMILES string of the molecule is Cc1cscc1CCN=C1NC(N)=NC(C)N1. The second-order valence-corrected chi connectivity index (χ2v) is 4.76. The van der Waals surface area contributed by atoms with E-state index in [0.29, 0.717) is 11.9 Å². The number of guanidine groups is 2. The van der Waals surface area contributed by atoms with Crippen LogP contribution in [0.15, 0.2) is 20.7 Å². The van der Waals surface area contributed by atoms with E-state index in [1.165, 1.54) is 11.1 Å².